The molecule has 52 heavy (non-hydrogen) atoms. The number of anilines is 4. The molecule has 282 valence electrons. The second-order valence-electron chi connectivity index (χ2n) is 11.2. The molecule has 0 atom stereocenters. The Morgan fingerprint density at radius 3 is 1.79 bits per heavy atom. The minimum Gasteiger partial charge on any atom is -0.384 e. The van der Waals surface area contributed by atoms with E-state index in [9.17, 15) is 24.0 Å². The first kappa shape index (κ1) is 41.7. The Labute approximate surface area is 315 Å². The Bertz CT molecular complexity index is 1680. The molecule has 2 aliphatic heterocycles. The van der Waals surface area contributed by atoms with Gasteiger partial charge < -0.3 is 11.1 Å². The molecule has 3 amide bonds. The number of hydrogen-bond acceptors (Lipinski definition) is 10. The highest BCUT2D eigenvalue weighted by Gasteiger charge is 2.24. The second kappa shape index (κ2) is 22.9. The normalized spacial score (nSPS) is 13.4. The van der Waals surface area contributed by atoms with Crippen LogP contribution in [0.15, 0.2) is 49.1 Å². The van der Waals surface area contributed by atoms with Crippen molar-refractivity contribution in [2.24, 2.45) is 0 Å². The molecular formula is C32H43Cl3N12O5. The number of alkyl halides is 3. The lowest BCUT2D eigenvalue weighted by Gasteiger charge is -2.11. The largest absolute Gasteiger partial charge is 0.384 e. The summed E-state index contributed by atoms with van der Waals surface area (Å²) in [5.41, 5.74) is 5.16. The number of halogens is 3. The third kappa shape index (κ3) is 14.1. The molecule has 0 radical (unpaired) electrons. The Balaban J connectivity index is 0.000000198. The number of nitrogens with zero attached hydrogens (tertiary/aromatic N) is 8. The van der Waals surface area contributed by atoms with E-state index in [1.165, 1.54) is 15.6 Å². The van der Waals surface area contributed by atoms with E-state index in [1.54, 1.807) is 46.6 Å². The van der Waals surface area contributed by atoms with Crippen molar-refractivity contribution in [1.82, 2.24) is 40.0 Å². The van der Waals surface area contributed by atoms with Crippen molar-refractivity contribution < 1.29 is 24.0 Å². The van der Waals surface area contributed by atoms with Gasteiger partial charge in [-0.2, -0.15) is 10.2 Å². The van der Waals surface area contributed by atoms with Gasteiger partial charge in [-0.15, -0.1) is 45.0 Å². The van der Waals surface area contributed by atoms with Gasteiger partial charge >= 0.3 is 0 Å². The van der Waals surface area contributed by atoms with Crippen molar-refractivity contribution in [3.8, 4) is 0 Å². The number of aromatic nitrogens is 8. The standard InChI is InChI=1S/C11H15Cl2N3O2.C11H14ClN3O2.C7H9N3O.C3H5N3/c12-6-1-3-10(17)14-9-5-8-16(15-9)11(18)4-2-7-13;12-6-1-3-11(17)15-8-5-9(13-15)14-7-2-4-10(14)16;11-7-2-1-5-10(7)6-3-4-8-9-6;4-3-1-2-5-6-3/h5,8H,1-4,6-7H2,(H,14,15,17);5,8H,1-4,6-7H2;3-4H,1-2,5H2,(H,8,9);1-2H,(H3,4,5,6). The fourth-order valence-corrected chi connectivity index (χ4v) is 5.08. The zero-order valence-corrected chi connectivity index (χ0v) is 30.8. The monoisotopic (exact) mass is 780 g/mol. The highest BCUT2D eigenvalue weighted by Crippen LogP contribution is 2.19. The van der Waals surface area contributed by atoms with Gasteiger partial charge in [0.25, 0.3) is 0 Å². The highest BCUT2D eigenvalue weighted by atomic mass is 35.5. The van der Waals surface area contributed by atoms with Gasteiger partial charge in [0.05, 0.1) is 12.4 Å². The van der Waals surface area contributed by atoms with Crippen LogP contribution in [-0.2, 0) is 14.4 Å². The first-order chi connectivity index (χ1) is 25.2. The summed E-state index contributed by atoms with van der Waals surface area (Å²) in [6.07, 6.45) is 12.3. The molecule has 0 bridgehead atoms. The summed E-state index contributed by atoms with van der Waals surface area (Å²) < 4.78 is 2.50. The number of carbonyl (C=O) groups excluding carboxylic acids is 5. The SMILES string of the molecule is Nc1ccn[nH]1.O=C(CCCCl)Nc1ccn(C(=O)CCCCl)n1.O=C1CCCN1c1ccn(C(=O)CCCCl)n1.O=C1CCCN1c1ccn[nH]1. The van der Waals surface area contributed by atoms with Crippen LogP contribution in [0, 0.1) is 0 Å². The Hall–Kier alpha value is -4.74. The van der Waals surface area contributed by atoms with Crippen LogP contribution >= 0.6 is 34.8 Å². The van der Waals surface area contributed by atoms with Crippen molar-refractivity contribution in [3.05, 3.63) is 49.1 Å². The van der Waals surface area contributed by atoms with Gasteiger partial charge in [0, 0.05) is 93.4 Å². The van der Waals surface area contributed by atoms with Gasteiger partial charge in [0.2, 0.25) is 29.5 Å². The highest BCUT2D eigenvalue weighted by molar-refractivity contribution is 6.18. The Kier molecular flexibility index (Phi) is 18.4. The quantitative estimate of drug-likeness (QED) is 0.145. The summed E-state index contributed by atoms with van der Waals surface area (Å²) >= 11 is 16.5. The van der Waals surface area contributed by atoms with Crippen LogP contribution in [0.4, 0.5) is 23.3 Å². The van der Waals surface area contributed by atoms with E-state index in [0.29, 0.717) is 93.0 Å². The average molecular weight is 782 g/mol. The molecule has 4 aromatic rings. The molecule has 20 heteroatoms. The minimum absolute atomic E-state index is 0.0726. The van der Waals surface area contributed by atoms with Gasteiger partial charge in [0.15, 0.2) is 11.6 Å². The summed E-state index contributed by atoms with van der Waals surface area (Å²) in [6, 6.07) is 6.78. The molecule has 2 fully saturated rings. The molecule has 6 rings (SSSR count). The minimum atomic E-state index is -0.158. The summed E-state index contributed by atoms with van der Waals surface area (Å²) in [7, 11) is 0. The van der Waals surface area contributed by atoms with Crippen molar-refractivity contribution in [1.29, 1.82) is 0 Å². The van der Waals surface area contributed by atoms with Gasteiger partial charge in [0.1, 0.15) is 11.6 Å². The third-order valence-electron chi connectivity index (χ3n) is 7.25. The number of H-pyrrole nitrogens is 2. The topological polar surface area (TPSA) is 223 Å². The molecule has 4 aromatic heterocycles. The molecule has 2 aliphatic rings. The Morgan fingerprint density at radius 1 is 0.731 bits per heavy atom. The van der Waals surface area contributed by atoms with Crippen LogP contribution in [0.25, 0.3) is 0 Å². The number of hydrogen-bond donors (Lipinski definition) is 4. The van der Waals surface area contributed by atoms with Gasteiger partial charge in [-0.05, 0) is 38.2 Å². The zero-order chi connectivity index (χ0) is 37.7. The summed E-state index contributed by atoms with van der Waals surface area (Å²) in [5.74, 6) is 3.56. The number of rotatable bonds is 12. The molecule has 6 heterocycles. The molecule has 17 nitrogen and oxygen atoms in total. The van der Waals surface area contributed by atoms with E-state index in [4.69, 9.17) is 40.5 Å². The number of carbonyl (C=O) groups is 5. The Morgan fingerprint density at radius 2 is 1.29 bits per heavy atom. The van der Waals surface area contributed by atoms with E-state index in [1.807, 2.05) is 6.07 Å². The number of amides is 3. The van der Waals surface area contributed by atoms with Gasteiger partial charge in [-0.25, -0.2) is 9.36 Å². The van der Waals surface area contributed by atoms with Gasteiger partial charge in [-0.3, -0.25) is 44.0 Å². The molecule has 0 spiro atoms. The fraction of sp³-hybridized carbons (Fsp3) is 0.469. The van der Waals surface area contributed by atoms with Crippen LogP contribution in [0.5, 0.6) is 0 Å². The number of nitrogens with one attached hydrogen (secondary N) is 3. The predicted molar refractivity (Wildman–Crippen MR) is 199 cm³/mol. The van der Waals surface area contributed by atoms with Crippen LogP contribution in [-0.4, -0.2) is 100 Å². The zero-order valence-electron chi connectivity index (χ0n) is 28.6. The van der Waals surface area contributed by atoms with E-state index in [-0.39, 0.29) is 29.5 Å². The molecule has 0 unspecified atom stereocenters. The average Bonchev–Trinajstić information content (AvgIpc) is 3.98. The number of nitrogens with two attached hydrogens (primary N) is 1. The van der Waals surface area contributed by atoms with E-state index < -0.39 is 0 Å². The van der Waals surface area contributed by atoms with Crippen molar-refractivity contribution in [2.45, 2.75) is 64.2 Å². The van der Waals surface area contributed by atoms with Gasteiger partial charge in [-0.1, -0.05) is 0 Å². The van der Waals surface area contributed by atoms with Crippen LogP contribution < -0.4 is 20.9 Å². The summed E-state index contributed by atoms with van der Waals surface area (Å²) in [4.78, 5) is 60.6. The molecule has 5 N–H and O–H groups in total. The maximum absolute atomic E-state index is 11.7. The summed E-state index contributed by atoms with van der Waals surface area (Å²) in [6.45, 7) is 1.51. The van der Waals surface area contributed by atoms with Crippen LogP contribution in [0.3, 0.4) is 0 Å². The lowest BCUT2D eigenvalue weighted by molar-refractivity contribution is -0.117. The lowest BCUT2D eigenvalue weighted by atomic mass is 10.3. The molecule has 2 saturated heterocycles. The maximum atomic E-state index is 11.7. The second-order valence-corrected chi connectivity index (χ2v) is 12.4. The third-order valence-corrected chi connectivity index (χ3v) is 8.05. The molecule has 0 saturated carbocycles. The maximum Gasteiger partial charge on any atom is 0.246 e. The van der Waals surface area contributed by atoms with Crippen LogP contribution in [0.1, 0.15) is 73.8 Å². The predicted octanol–water partition coefficient (Wildman–Crippen LogP) is 4.70. The van der Waals surface area contributed by atoms with E-state index in [0.717, 1.165) is 25.2 Å². The smallest absolute Gasteiger partial charge is 0.246 e. The van der Waals surface area contributed by atoms with Crippen molar-refractivity contribution in [2.75, 3.05) is 51.6 Å². The lowest BCUT2D eigenvalue weighted by Crippen LogP contribution is -2.24. The first-order valence-electron chi connectivity index (χ1n) is 16.7. The molecule has 0 aromatic carbocycles. The van der Waals surface area contributed by atoms with Crippen molar-refractivity contribution in [3.63, 3.8) is 0 Å². The van der Waals surface area contributed by atoms with E-state index >= 15 is 0 Å². The molecular weight excluding hydrogens is 739 g/mol. The van der Waals surface area contributed by atoms with Crippen molar-refractivity contribution >= 4 is 87.6 Å². The molecule has 0 aliphatic carbocycles. The van der Waals surface area contributed by atoms with E-state index in [2.05, 4.69) is 35.9 Å². The number of aromatic amines is 2. The first-order valence-corrected chi connectivity index (χ1v) is 18.3. The number of nitrogen functional groups attached to an aromatic ring is 1. The fourth-order valence-electron chi connectivity index (χ4n) is 4.68. The summed E-state index contributed by atoms with van der Waals surface area (Å²) in [5, 5.41) is 23.3. The van der Waals surface area contributed by atoms with Crippen LogP contribution in [0.2, 0.25) is 0 Å².